The third-order valence-electron chi connectivity index (χ3n) is 4.39. The maximum absolute atomic E-state index is 11.7. The maximum atomic E-state index is 11.7. The van der Waals surface area contributed by atoms with Crippen LogP contribution in [0, 0.1) is 0 Å². The molecule has 1 N–H and O–H groups in total. The zero-order valence-electron chi connectivity index (χ0n) is 15.5. The van der Waals surface area contributed by atoms with Crippen molar-refractivity contribution < 1.29 is 19.1 Å². The summed E-state index contributed by atoms with van der Waals surface area (Å²) in [5, 5.41) is 1.67. The van der Waals surface area contributed by atoms with Gasteiger partial charge in [-0.05, 0) is 53.9 Å². The molecule has 1 heterocycles. The second kappa shape index (κ2) is 8.84. The number of para-hydroxylation sites is 1. The molecule has 3 aromatic carbocycles. The van der Waals surface area contributed by atoms with Gasteiger partial charge in [0.15, 0.2) is 0 Å². The number of carbonyl (C=O) groups excluding carboxylic acids is 2. The van der Waals surface area contributed by atoms with Gasteiger partial charge in [-0.15, -0.1) is 0 Å². The first kappa shape index (κ1) is 19.1. The summed E-state index contributed by atoms with van der Waals surface area (Å²) in [6.45, 7) is 0.417. The summed E-state index contributed by atoms with van der Waals surface area (Å²) < 4.78 is 11.7. The summed E-state index contributed by atoms with van der Waals surface area (Å²) in [4.78, 5) is 22.9. The van der Waals surface area contributed by atoms with Crippen molar-refractivity contribution in [3.63, 3.8) is 0 Å². The Hall–Kier alpha value is -3.25. The molecule has 0 radical (unpaired) electrons. The number of amides is 2. The number of ether oxygens (including phenoxy) is 2. The van der Waals surface area contributed by atoms with Crippen LogP contribution in [0.5, 0.6) is 17.2 Å². The van der Waals surface area contributed by atoms with Crippen molar-refractivity contribution in [3.05, 3.63) is 90.0 Å². The molecule has 146 valence electrons. The number of rotatable bonds is 7. The second-order valence-corrected chi connectivity index (χ2v) is 7.76. The summed E-state index contributed by atoms with van der Waals surface area (Å²) in [5.74, 6) is 2.06. The van der Waals surface area contributed by atoms with E-state index in [1.807, 2.05) is 78.9 Å². The van der Waals surface area contributed by atoms with Crippen LogP contribution >= 0.6 is 11.8 Å². The lowest BCUT2D eigenvalue weighted by molar-refractivity contribution is -0.118. The summed E-state index contributed by atoms with van der Waals surface area (Å²) in [7, 11) is 0. The summed E-state index contributed by atoms with van der Waals surface area (Å²) in [6, 6.07) is 25.0. The molecule has 0 saturated carbocycles. The fourth-order valence-electron chi connectivity index (χ4n) is 2.95. The van der Waals surface area contributed by atoms with Gasteiger partial charge in [0.2, 0.25) is 5.91 Å². The first-order valence-corrected chi connectivity index (χ1v) is 10.1. The van der Waals surface area contributed by atoms with Crippen LogP contribution in [-0.2, 0) is 17.8 Å². The first-order chi connectivity index (χ1) is 14.2. The number of carbonyl (C=O) groups is 2. The zero-order chi connectivity index (χ0) is 20.1. The quantitative estimate of drug-likeness (QED) is 0.602. The number of nitrogens with one attached hydrogen (secondary N) is 1. The molecule has 2 amide bonds. The molecule has 3 aromatic rings. The third kappa shape index (κ3) is 5.18. The van der Waals surface area contributed by atoms with Gasteiger partial charge in [-0.2, -0.15) is 0 Å². The average molecular weight is 405 g/mol. The van der Waals surface area contributed by atoms with Crippen molar-refractivity contribution in [1.82, 2.24) is 5.32 Å². The Morgan fingerprint density at radius 3 is 2.28 bits per heavy atom. The van der Waals surface area contributed by atoms with Gasteiger partial charge >= 0.3 is 0 Å². The normalized spacial score (nSPS) is 15.8. The molecule has 1 saturated heterocycles. The van der Waals surface area contributed by atoms with Crippen molar-refractivity contribution in [1.29, 1.82) is 0 Å². The Bertz CT molecular complexity index is 1000. The minimum absolute atomic E-state index is 0.224. The SMILES string of the molecule is O=C1NC(=O)C(Cc2ccc(OCc3cccc(Oc4ccccc4)c3)cc2)S1. The Morgan fingerprint density at radius 2 is 1.55 bits per heavy atom. The smallest absolute Gasteiger partial charge is 0.286 e. The van der Waals surface area contributed by atoms with Gasteiger partial charge in [0.25, 0.3) is 5.24 Å². The fourth-order valence-corrected chi connectivity index (χ4v) is 3.81. The number of thioether (sulfide) groups is 1. The van der Waals surface area contributed by atoms with E-state index >= 15 is 0 Å². The molecule has 5 nitrogen and oxygen atoms in total. The molecular formula is C23H19NO4S. The van der Waals surface area contributed by atoms with Crippen LogP contribution in [0.3, 0.4) is 0 Å². The van der Waals surface area contributed by atoms with Gasteiger partial charge in [-0.3, -0.25) is 14.9 Å². The monoisotopic (exact) mass is 405 g/mol. The molecular weight excluding hydrogens is 386 g/mol. The number of hydrogen-bond acceptors (Lipinski definition) is 5. The van der Waals surface area contributed by atoms with Gasteiger partial charge in [0, 0.05) is 0 Å². The van der Waals surface area contributed by atoms with Gasteiger partial charge in [0.05, 0.1) is 5.25 Å². The first-order valence-electron chi connectivity index (χ1n) is 9.21. The molecule has 4 rings (SSSR count). The lowest BCUT2D eigenvalue weighted by atomic mass is 10.1. The van der Waals surface area contributed by atoms with Gasteiger partial charge < -0.3 is 9.47 Å². The van der Waals surface area contributed by atoms with E-state index in [2.05, 4.69) is 5.32 Å². The molecule has 29 heavy (non-hydrogen) atoms. The van der Waals surface area contributed by atoms with Crippen molar-refractivity contribution >= 4 is 22.9 Å². The molecule has 0 aromatic heterocycles. The summed E-state index contributed by atoms with van der Waals surface area (Å²) >= 11 is 1.04. The van der Waals surface area contributed by atoms with Crippen LogP contribution in [0.2, 0.25) is 0 Å². The van der Waals surface area contributed by atoms with Crippen LogP contribution < -0.4 is 14.8 Å². The number of benzene rings is 3. The lowest BCUT2D eigenvalue weighted by Crippen LogP contribution is -2.25. The Morgan fingerprint density at radius 1 is 0.793 bits per heavy atom. The van der Waals surface area contributed by atoms with Gasteiger partial charge in [-0.25, -0.2) is 0 Å². The third-order valence-corrected chi connectivity index (χ3v) is 5.38. The summed E-state index contributed by atoms with van der Waals surface area (Å²) in [5.41, 5.74) is 1.98. The van der Waals surface area contributed by atoms with Crippen LogP contribution in [0.15, 0.2) is 78.9 Å². The van der Waals surface area contributed by atoms with E-state index in [0.29, 0.717) is 13.0 Å². The molecule has 0 aliphatic carbocycles. The predicted octanol–water partition coefficient (Wildman–Crippen LogP) is 4.95. The van der Waals surface area contributed by atoms with E-state index in [9.17, 15) is 9.59 Å². The average Bonchev–Trinajstić information content (AvgIpc) is 3.05. The van der Waals surface area contributed by atoms with Gasteiger partial charge in [0.1, 0.15) is 23.9 Å². The molecule has 0 bridgehead atoms. The minimum Gasteiger partial charge on any atom is -0.489 e. The topological polar surface area (TPSA) is 64.6 Å². The fraction of sp³-hybridized carbons (Fsp3) is 0.130. The van der Waals surface area contributed by atoms with E-state index in [1.54, 1.807) is 0 Å². The van der Waals surface area contributed by atoms with Crippen molar-refractivity contribution in [2.45, 2.75) is 18.3 Å². The molecule has 0 spiro atoms. The number of hydrogen-bond donors (Lipinski definition) is 1. The molecule has 6 heteroatoms. The summed E-state index contributed by atoms with van der Waals surface area (Å²) in [6.07, 6.45) is 0.515. The highest BCUT2D eigenvalue weighted by Gasteiger charge is 2.31. The second-order valence-electron chi connectivity index (χ2n) is 6.58. The number of imide groups is 1. The molecule has 1 fully saturated rings. The highest BCUT2D eigenvalue weighted by Crippen LogP contribution is 2.25. The van der Waals surface area contributed by atoms with Crippen LogP contribution in [0.4, 0.5) is 4.79 Å². The standard InChI is InChI=1S/C23H19NO4S/c25-22-21(29-23(26)24-22)14-16-9-11-18(12-10-16)27-15-17-5-4-8-20(13-17)28-19-6-2-1-3-7-19/h1-13,21H,14-15H2,(H,24,25,26). The van der Waals surface area contributed by atoms with Crippen molar-refractivity contribution in [2.24, 2.45) is 0 Å². The van der Waals surface area contributed by atoms with Gasteiger partial charge in [-0.1, -0.05) is 54.2 Å². The largest absolute Gasteiger partial charge is 0.489 e. The minimum atomic E-state index is -0.360. The Labute approximate surface area is 173 Å². The van der Waals surface area contributed by atoms with Crippen LogP contribution in [0.25, 0.3) is 0 Å². The van der Waals surface area contributed by atoms with E-state index in [1.165, 1.54) is 0 Å². The lowest BCUT2D eigenvalue weighted by Gasteiger charge is -2.10. The molecule has 1 unspecified atom stereocenters. The highest BCUT2D eigenvalue weighted by molar-refractivity contribution is 8.15. The maximum Gasteiger partial charge on any atom is 0.286 e. The van der Waals surface area contributed by atoms with Crippen molar-refractivity contribution in [2.75, 3.05) is 0 Å². The Kier molecular flexibility index (Phi) is 5.81. The van der Waals surface area contributed by atoms with Crippen LogP contribution in [-0.4, -0.2) is 16.4 Å². The van der Waals surface area contributed by atoms with E-state index < -0.39 is 0 Å². The van der Waals surface area contributed by atoms with Crippen LogP contribution in [0.1, 0.15) is 11.1 Å². The van der Waals surface area contributed by atoms with Crippen molar-refractivity contribution in [3.8, 4) is 17.2 Å². The van der Waals surface area contributed by atoms with E-state index in [4.69, 9.17) is 9.47 Å². The molecule has 1 aliphatic rings. The van der Waals surface area contributed by atoms with E-state index in [-0.39, 0.29) is 16.4 Å². The predicted molar refractivity (Wildman–Crippen MR) is 112 cm³/mol. The zero-order valence-corrected chi connectivity index (χ0v) is 16.4. The Balaban J connectivity index is 1.33. The van der Waals surface area contributed by atoms with E-state index in [0.717, 1.165) is 40.1 Å². The highest BCUT2D eigenvalue weighted by atomic mass is 32.2. The molecule has 1 aliphatic heterocycles. The molecule has 1 atom stereocenters.